The van der Waals surface area contributed by atoms with Gasteiger partial charge in [0.15, 0.2) is 11.7 Å². The second-order valence-electron chi connectivity index (χ2n) is 15.7. The molecule has 0 unspecified atom stereocenters. The number of ketones is 1. The van der Waals surface area contributed by atoms with Crippen molar-refractivity contribution in [2.75, 3.05) is 20.1 Å². The topological polar surface area (TPSA) is 225 Å². The number of aryl methyl sites for hydroxylation is 1. The number of amides is 6. The molecule has 0 spiro atoms. The van der Waals surface area contributed by atoms with Crippen molar-refractivity contribution >= 4 is 47.2 Å². The summed E-state index contributed by atoms with van der Waals surface area (Å²) < 4.78 is 5.84. The number of hydrogen-bond acceptors (Lipinski definition) is 11. The molecule has 3 aliphatic heterocycles. The van der Waals surface area contributed by atoms with Gasteiger partial charge in [-0.1, -0.05) is 67.1 Å². The standard InChI is InChI=1S/C44H51N7O10/c1-5-30-41(57)50-21-10-13-31(50)42(58)49(4)33(23-27-17-15-25(2)16-18-27)43(59)51-22-19-29(52)24-32(51)38(54)48-36(28-11-7-6-8-12-28)44(60)61-26(3)35(39(55)46-30)47-40(56)37-34(53)14-9-20-45-37/h6-9,11-12,14-18,20,26,30-33,35-36,53H,5,10,13,19,21-24H2,1-4H3,(H,46,55)(H,47,56)(H,48,54)/t26-,30+,31+,32+,33+,35+,36+/m1/s1. The first-order valence-corrected chi connectivity index (χ1v) is 20.4. The zero-order valence-electron chi connectivity index (χ0n) is 34.5. The number of pyridine rings is 1. The minimum atomic E-state index is -1.68. The number of cyclic esters (lactones) is 1. The molecule has 3 aliphatic rings. The Balaban J connectivity index is 1.44. The van der Waals surface area contributed by atoms with E-state index in [1.54, 1.807) is 37.3 Å². The monoisotopic (exact) mass is 837 g/mol. The van der Waals surface area contributed by atoms with Gasteiger partial charge >= 0.3 is 5.97 Å². The lowest BCUT2D eigenvalue weighted by Gasteiger charge is -2.40. The Labute approximate surface area is 353 Å². The summed E-state index contributed by atoms with van der Waals surface area (Å²) in [4.78, 5) is 121. The fraction of sp³-hybridized carbons (Fsp3) is 0.432. The minimum absolute atomic E-state index is 0.0418. The van der Waals surface area contributed by atoms with Crippen LogP contribution in [0.3, 0.4) is 0 Å². The van der Waals surface area contributed by atoms with E-state index >= 15 is 0 Å². The Hall–Kier alpha value is -6.65. The average Bonchev–Trinajstić information content (AvgIpc) is 3.75. The van der Waals surface area contributed by atoms with E-state index in [1.807, 2.05) is 31.2 Å². The molecule has 6 rings (SSSR count). The normalized spacial score (nSPS) is 25.9. The number of carbonyl (C=O) groups excluding carboxylic acids is 8. The van der Waals surface area contributed by atoms with Crippen molar-refractivity contribution in [2.24, 2.45) is 0 Å². The lowest BCUT2D eigenvalue weighted by molar-refractivity contribution is -0.156. The van der Waals surface area contributed by atoms with E-state index in [2.05, 4.69) is 20.9 Å². The van der Waals surface area contributed by atoms with Crippen LogP contribution in [0.4, 0.5) is 0 Å². The molecule has 4 heterocycles. The van der Waals surface area contributed by atoms with Gasteiger partial charge in [0.1, 0.15) is 47.8 Å². The fourth-order valence-electron chi connectivity index (χ4n) is 7.99. The molecule has 3 saturated heterocycles. The number of carbonyl (C=O) groups is 8. The van der Waals surface area contributed by atoms with Crippen LogP contribution in [-0.2, 0) is 44.7 Å². The number of rotatable bonds is 6. The molecule has 17 nitrogen and oxygen atoms in total. The zero-order chi connectivity index (χ0) is 44.0. The number of aromatic hydroxyl groups is 1. The lowest BCUT2D eigenvalue weighted by Crippen LogP contribution is -2.61. The van der Waals surface area contributed by atoms with Crippen LogP contribution < -0.4 is 16.0 Å². The molecule has 0 bridgehead atoms. The molecule has 3 fully saturated rings. The van der Waals surface area contributed by atoms with Crippen LogP contribution in [0.1, 0.15) is 79.2 Å². The highest BCUT2D eigenvalue weighted by Crippen LogP contribution is 2.26. The molecule has 6 amide bonds. The number of benzene rings is 2. The number of nitrogens with zero attached hydrogens (tertiary/aromatic N) is 4. The van der Waals surface area contributed by atoms with Gasteiger partial charge < -0.3 is 40.5 Å². The highest BCUT2D eigenvalue weighted by Gasteiger charge is 2.45. The van der Waals surface area contributed by atoms with Crippen molar-refractivity contribution in [3.8, 4) is 5.75 Å². The third-order valence-corrected chi connectivity index (χ3v) is 11.5. The maximum atomic E-state index is 14.9. The predicted octanol–water partition coefficient (Wildman–Crippen LogP) is 1.51. The Kier molecular flexibility index (Phi) is 13.8. The molecular weight excluding hydrogens is 787 g/mol. The highest BCUT2D eigenvalue weighted by atomic mass is 16.5. The molecule has 0 radical (unpaired) electrons. The number of Topliss-reactive ketones (excluding diaryl/α,β-unsaturated/α-hetero) is 1. The van der Waals surface area contributed by atoms with E-state index in [1.165, 1.54) is 47.0 Å². The number of ether oxygens (including phenoxy) is 1. The van der Waals surface area contributed by atoms with Crippen LogP contribution in [0, 0.1) is 6.92 Å². The summed E-state index contributed by atoms with van der Waals surface area (Å²) in [6, 6.07) is 10.1. The Morgan fingerprint density at radius 2 is 1.57 bits per heavy atom. The number of nitrogens with one attached hydrogen (secondary N) is 3. The van der Waals surface area contributed by atoms with Gasteiger partial charge in [0.2, 0.25) is 29.5 Å². The molecule has 0 saturated carbocycles. The van der Waals surface area contributed by atoms with Gasteiger partial charge in [-0.15, -0.1) is 0 Å². The number of fused-ring (bicyclic) bond motifs is 2. The molecule has 0 aliphatic carbocycles. The largest absolute Gasteiger partial charge is 0.505 e. The third-order valence-electron chi connectivity index (χ3n) is 11.5. The summed E-state index contributed by atoms with van der Waals surface area (Å²) in [6.45, 7) is 4.94. The van der Waals surface area contributed by atoms with Crippen LogP contribution in [0.2, 0.25) is 0 Å². The number of esters is 1. The maximum absolute atomic E-state index is 14.9. The fourth-order valence-corrected chi connectivity index (χ4v) is 7.99. The van der Waals surface area contributed by atoms with Crippen molar-refractivity contribution in [3.63, 3.8) is 0 Å². The summed E-state index contributed by atoms with van der Waals surface area (Å²) in [5.74, 6) is -6.29. The second kappa shape index (κ2) is 19.2. The van der Waals surface area contributed by atoms with Crippen molar-refractivity contribution in [1.82, 2.24) is 35.6 Å². The quantitative estimate of drug-likeness (QED) is 0.261. The van der Waals surface area contributed by atoms with E-state index < -0.39 is 95.2 Å². The molecule has 322 valence electrons. The molecule has 1 aromatic heterocycles. The van der Waals surface area contributed by atoms with E-state index in [0.29, 0.717) is 6.42 Å². The van der Waals surface area contributed by atoms with E-state index in [-0.39, 0.29) is 56.5 Å². The van der Waals surface area contributed by atoms with Gasteiger partial charge in [-0.25, -0.2) is 9.78 Å². The first kappa shape index (κ1) is 43.9. The molecule has 61 heavy (non-hydrogen) atoms. The average molecular weight is 838 g/mol. The molecule has 17 heteroatoms. The first-order valence-electron chi connectivity index (χ1n) is 20.4. The van der Waals surface area contributed by atoms with Crippen molar-refractivity contribution in [2.45, 2.75) is 102 Å². The summed E-state index contributed by atoms with van der Waals surface area (Å²) in [5.41, 5.74) is 1.55. The molecule has 2 aromatic carbocycles. The third kappa shape index (κ3) is 9.88. The van der Waals surface area contributed by atoms with Crippen LogP contribution in [0.25, 0.3) is 0 Å². The SMILES string of the molecule is CC[C@@H]1NC(=O)[C@@H](NC(=O)c2ncccc2O)[C@@H](C)OC(=O)[C@H](c2ccccc2)NC(=O)[C@@H]2CC(=O)CCN2C(=O)[C@H](Cc2ccc(C)cc2)N(C)C(=O)[C@@H]2CCCN2C1=O. The van der Waals surface area contributed by atoms with Crippen LogP contribution in [0.5, 0.6) is 5.75 Å². The van der Waals surface area contributed by atoms with Gasteiger partial charge in [0.05, 0.1) is 0 Å². The predicted molar refractivity (Wildman–Crippen MR) is 218 cm³/mol. The van der Waals surface area contributed by atoms with Crippen molar-refractivity contribution < 1.29 is 48.2 Å². The summed E-state index contributed by atoms with van der Waals surface area (Å²) in [5, 5.41) is 18.2. The van der Waals surface area contributed by atoms with Gasteiger partial charge in [-0.05, 0) is 56.4 Å². The summed E-state index contributed by atoms with van der Waals surface area (Å²) in [7, 11) is 1.47. The highest BCUT2D eigenvalue weighted by molar-refractivity contribution is 6.01. The molecule has 7 atom stereocenters. The number of aromatic nitrogens is 1. The Bertz CT molecular complexity index is 2170. The lowest BCUT2D eigenvalue weighted by atomic mass is 9.95. The Morgan fingerprint density at radius 3 is 2.26 bits per heavy atom. The van der Waals surface area contributed by atoms with Crippen LogP contribution >= 0.6 is 0 Å². The van der Waals surface area contributed by atoms with E-state index in [0.717, 1.165) is 11.1 Å². The van der Waals surface area contributed by atoms with Gasteiger partial charge in [-0.2, -0.15) is 0 Å². The van der Waals surface area contributed by atoms with Crippen molar-refractivity contribution in [3.05, 3.63) is 95.3 Å². The smallest absolute Gasteiger partial charge is 0.333 e. The first-order chi connectivity index (χ1) is 29.2. The van der Waals surface area contributed by atoms with Crippen LogP contribution in [0.15, 0.2) is 72.9 Å². The van der Waals surface area contributed by atoms with Crippen LogP contribution in [-0.4, -0.2) is 128 Å². The van der Waals surface area contributed by atoms with Gasteiger partial charge in [0.25, 0.3) is 5.91 Å². The summed E-state index contributed by atoms with van der Waals surface area (Å²) in [6.07, 6.45) is 0.231. The number of hydrogen-bond donors (Lipinski definition) is 4. The maximum Gasteiger partial charge on any atom is 0.333 e. The molecular formula is C44H51N7O10. The number of likely N-dealkylation sites (N-methyl/N-ethyl adjacent to an activating group) is 1. The number of piperidine rings is 1. The second-order valence-corrected chi connectivity index (χ2v) is 15.7. The molecule has 4 N–H and O–H groups in total. The van der Waals surface area contributed by atoms with E-state index in [9.17, 15) is 43.5 Å². The van der Waals surface area contributed by atoms with E-state index in [4.69, 9.17) is 4.74 Å². The minimum Gasteiger partial charge on any atom is -0.505 e. The van der Waals surface area contributed by atoms with Crippen molar-refractivity contribution in [1.29, 1.82) is 0 Å². The van der Waals surface area contributed by atoms with Gasteiger partial charge in [0, 0.05) is 45.6 Å². The zero-order valence-corrected chi connectivity index (χ0v) is 34.5. The Morgan fingerprint density at radius 1 is 0.869 bits per heavy atom. The van der Waals surface area contributed by atoms with Gasteiger partial charge in [-0.3, -0.25) is 33.6 Å². The summed E-state index contributed by atoms with van der Waals surface area (Å²) >= 11 is 0. The molecule has 3 aromatic rings.